The zero-order valence-corrected chi connectivity index (χ0v) is 13.7. The van der Waals surface area contributed by atoms with E-state index in [9.17, 15) is 4.79 Å². The zero-order chi connectivity index (χ0) is 16.1. The second kappa shape index (κ2) is 7.34. The fraction of sp³-hybridized carbons (Fsp3) is 0.500. The average Bonchev–Trinajstić information content (AvgIpc) is 3.36. The molecule has 0 bridgehead atoms. The summed E-state index contributed by atoms with van der Waals surface area (Å²) in [6.45, 7) is 5.86. The van der Waals surface area contributed by atoms with Gasteiger partial charge in [-0.3, -0.25) is 4.79 Å². The number of hydrogen-bond acceptors (Lipinski definition) is 3. The lowest BCUT2D eigenvalue weighted by molar-refractivity contribution is -0.134. The maximum Gasteiger partial charge on any atom is 0.260 e. The summed E-state index contributed by atoms with van der Waals surface area (Å²) in [5, 5.41) is 0. The van der Waals surface area contributed by atoms with Gasteiger partial charge < -0.3 is 14.4 Å². The lowest BCUT2D eigenvalue weighted by Crippen LogP contribution is -2.39. The van der Waals surface area contributed by atoms with Gasteiger partial charge in [0.05, 0.1) is 7.11 Å². The Bertz CT molecular complexity index is 537. The Morgan fingerprint density at radius 3 is 2.77 bits per heavy atom. The van der Waals surface area contributed by atoms with E-state index in [0.717, 1.165) is 12.0 Å². The number of carbonyl (C=O) groups is 1. The van der Waals surface area contributed by atoms with E-state index in [4.69, 9.17) is 9.47 Å². The maximum absolute atomic E-state index is 12.2. The van der Waals surface area contributed by atoms with Crippen LogP contribution >= 0.6 is 0 Å². The number of carbonyl (C=O) groups excluding carboxylic acids is 1. The van der Waals surface area contributed by atoms with Gasteiger partial charge in [0.15, 0.2) is 18.1 Å². The number of nitrogens with zero attached hydrogens (tertiary/aromatic N) is 1. The molecule has 1 aliphatic rings. The second-order valence-electron chi connectivity index (χ2n) is 5.85. The molecule has 1 aromatic carbocycles. The molecular formula is C18H25NO3. The number of ether oxygens (including phenoxy) is 2. The van der Waals surface area contributed by atoms with Crippen molar-refractivity contribution >= 4 is 5.91 Å². The summed E-state index contributed by atoms with van der Waals surface area (Å²) in [4.78, 5) is 14.0. The minimum atomic E-state index is -0.00313. The summed E-state index contributed by atoms with van der Waals surface area (Å²) in [6.07, 6.45) is 5.06. The molecule has 1 unspecified atom stereocenters. The topological polar surface area (TPSA) is 38.8 Å². The Balaban J connectivity index is 1.95. The van der Waals surface area contributed by atoms with Crippen molar-refractivity contribution in [2.75, 3.05) is 20.8 Å². The predicted molar refractivity (Wildman–Crippen MR) is 87.3 cm³/mol. The summed E-state index contributed by atoms with van der Waals surface area (Å²) in [7, 11) is 3.45. The first-order valence-corrected chi connectivity index (χ1v) is 7.73. The van der Waals surface area contributed by atoms with Crippen LogP contribution in [0.3, 0.4) is 0 Å². The fourth-order valence-corrected chi connectivity index (χ4v) is 2.49. The van der Waals surface area contributed by atoms with Crippen LogP contribution in [0.2, 0.25) is 0 Å². The summed E-state index contributed by atoms with van der Waals surface area (Å²) in [5.74, 6) is 1.89. The minimum absolute atomic E-state index is 0.00313. The molecular weight excluding hydrogens is 278 g/mol. The van der Waals surface area contributed by atoms with Gasteiger partial charge in [-0.1, -0.05) is 12.1 Å². The lowest BCUT2D eigenvalue weighted by atomic mass is 10.1. The van der Waals surface area contributed by atoms with E-state index >= 15 is 0 Å². The van der Waals surface area contributed by atoms with Gasteiger partial charge in [-0.25, -0.2) is 0 Å². The van der Waals surface area contributed by atoms with Crippen molar-refractivity contribution in [1.82, 2.24) is 4.90 Å². The number of likely N-dealkylation sites (N-methyl/N-ethyl adjacent to an activating group) is 1. The zero-order valence-electron chi connectivity index (χ0n) is 13.7. The molecule has 120 valence electrons. The van der Waals surface area contributed by atoms with Crippen molar-refractivity contribution in [1.29, 1.82) is 0 Å². The molecule has 0 heterocycles. The van der Waals surface area contributed by atoms with Crippen molar-refractivity contribution < 1.29 is 14.3 Å². The average molecular weight is 303 g/mol. The fourth-order valence-electron chi connectivity index (χ4n) is 2.49. The van der Waals surface area contributed by atoms with Crippen LogP contribution < -0.4 is 9.47 Å². The SMILES string of the molecule is C=CCc1ccc(OCC(=O)N(C)C(C)C2CC2)c(OC)c1. The van der Waals surface area contributed by atoms with Crippen LogP contribution in [0.25, 0.3) is 0 Å². The van der Waals surface area contributed by atoms with Crippen molar-refractivity contribution in [3.8, 4) is 11.5 Å². The molecule has 0 N–H and O–H groups in total. The first-order chi connectivity index (χ1) is 10.6. The normalized spacial score (nSPS) is 15.0. The second-order valence-corrected chi connectivity index (χ2v) is 5.85. The number of methoxy groups -OCH3 is 1. The van der Waals surface area contributed by atoms with Crippen LogP contribution in [-0.2, 0) is 11.2 Å². The van der Waals surface area contributed by atoms with Crippen LogP contribution in [0.15, 0.2) is 30.9 Å². The molecule has 1 aliphatic carbocycles. The number of rotatable bonds is 8. The van der Waals surface area contributed by atoms with E-state index in [-0.39, 0.29) is 18.6 Å². The van der Waals surface area contributed by atoms with Crippen LogP contribution in [0, 0.1) is 5.92 Å². The van der Waals surface area contributed by atoms with Crippen molar-refractivity contribution in [3.63, 3.8) is 0 Å². The molecule has 4 heteroatoms. The monoisotopic (exact) mass is 303 g/mol. The van der Waals surface area contributed by atoms with E-state index < -0.39 is 0 Å². The molecule has 1 fully saturated rings. The molecule has 0 saturated heterocycles. The Kier molecular flexibility index (Phi) is 5.47. The van der Waals surface area contributed by atoms with E-state index in [2.05, 4.69) is 13.5 Å². The van der Waals surface area contributed by atoms with Gasteiger partial charge in [0.25, 0.3) is 5.91 Å². The van der Waals surface area contributed by atoms with Gasteiger partial charge in [-0.05, 0) is 49.8 Å². The highest BCUT2D eigenvalue weighted by molar-refractivity contribution is 5.78. The third-order valence-electron chi connectivity index (χ3n) is 4.27. The predicted octanol–water partition coefficient (Wildman–Crippen LogP) is 3.06. The molecule has 0 aromatic heterocycles. The van der Waals surface area contributed by atoms with Gasteiger partial charge >= 0.3 is 0 Å². The van der Waals surface area contributed by atoms with Crippen molar-refractivity contribution in [2.24, 2.45) is 5.92 Å². The third-order valence-corrected chi connectivity index (χ3v) is 4.27. The summed E-state index contributed by atoms with van der Waals surface area (Å²) < 4.78 is 11.0. The maximum atomic E-state index is 12.2. The molecule has 0 radical (unpaired) electrons. The van der Waals surface area contributed by atoms with Gasteiger partial charge in [0.1, 0.15) is 0 Å². The first-order valence-electron chi connectivity index (χ1n) is 7.73. The van der Waals surface area contributed by atoms with Crippen LogP contribution in [-0.4, -0.2) is 37.6 Å². The molecule has 1 atom stereocenters. The highest BCUT2D eigenvalue weighted by atomic mass is 16.5. The lowest BCUT2D eigenvalue weighted by Gasteiger charge is -2.25. The van der Waals surface area contributed by atoms with E-state index in [0.29, 0.717) is 17.4 Å². The summed E-state index contributed by atoms with van der Waals surface area (Å²) in [6, 6.07) is 6.00. The minimum Gasteiger partial charge on any atom is -0.493 e. The van der Waals surface area contributed by atoms with E-state index in [1.54, 1.807) is 12.0 Å². The number of benzene rings is 1. The van der Waals surface area contributed by atoms with Crippen LogP contribution in [0.1, 0.15) is 25.3 Å². The van der Waals surface area contributed by atoms with Crippen molar-refractivity contribution in [3.05, 3.63) is 36.4 Å². The number of allylic oxidation sites excluding steroid dienone is 1. The smallest absolute Gasteiger partial charge is 0.260 e. The molecule has 1 aromatic rings. The Morgan fingerprint density at radius 2 is 2.18 bits per heavy atom. The molecule has 4 nitrogen and oxygen atoms in total. The number of amides is 1. The largest absolute Gasteiger partial charge is 0.493 e. The molecule has 0 aliphatic heterocycles. The molecule has 22 heavy (non-hydrogen) atoms. The molecule has 0 spiro atoms. The summed E-state index contributed by atoms with van der Waals surface area (Å²) in [5.41, 5.74) is 1.10. The standard InChI is InChI=1S/C18H25NO3/c1-5-6-14-7-10-16(17(11-14)21-4)22-12-18(20)19(3)13(2)15-8-9-15/h5,7,10-11,13,15H,1,6,8-9,12H2,2-4H3. The van der Waals surface area contributed by atoms with E-state index in [1.807, 2.05) is 31.3 Å². The first kappa shape index (κ1) is 16.4. The molecule has 2 rings (SSSR count). The van der Waals surface area contributed by atoms with Crippen LogP contribution in [0.5, 0.6) is 11.5 Å². The van der Waals surface area contributed by atoms with Gasteiger partial charge in [-0.15, -0.1) is 6.58 Å². The Morgan fingerprint density at radius 1 is 1.45 bits per heavy atom. The quantitative estimate of drug-likeness (QED) is 0.693. The third kappa shape index (κ3) is 4.03. The highest BCUT2D eigenvalue weighted by Crippen LogP contribution is 2.34. The number of hydrogen-bond donors (Lipinski definition) is 0. The Hall–Kier alpha value is -1.97. The van der Waals surface area contributed by atoms with Gasteiger partial charge in [0.2, 0.25) is 0 Å². The van der Waals surface area contributed by atoms with Crippen molar-refractivity contribution in [2.45, 2.75) is 32.2 Å². The van der Waals surface area contributed by atoms with Gasteiger partial charge in [0, 0.05) is 13.1 Å². The molecule has 1 amide bonds. The van der Waals surface area contributed by atoms with E-state index in [1.165, 1.54) is 12.8 Å². The Labute approximate surface area is 132 Å². The molecule has 1 saturated carbocycles. The summed E-state index contributed by atoms with van der Waals surface area (Å²) >= 11 is 0. The van der Waals surface area contributed by atoms with Gasteiger partial charge in [-0.2, -0.15) is 0 Å². The highest BCUT2D eigenvalue weighted by Gasteiger charge is 2.32. The van der Waals surface area contributed by atoms with Crippen LogP contribution in [0.4, 0.5) is 0 Å².